The molecule has 0 radical (unpaired) electrons. The van der Waals surface area contributed by atoms with Gasteiger partial charge in [-0.05, 0) is 60.9 Å². The molecule has 3 atom stereocenters. The van der Waals surface area contributed by atoms with E-state index >= 15 is 0 Å². The highest BCUT2D eigenvalue weighted by Crippen LogP contribution is 2.57. The maximum atomic E-state index is 5.73. The standard InChI is InChI=1S/C12H18N2S/c1-7-2-3-15-12(7)11(14-13)10-5-8-4-9(8)6-10/h2-3,8-11,14H,4-6,13H2,1H3. The highest BCUT2D eigenvalue weighted by Gasteiger charge is 2.48. The van der Waals surface area contributed by atoms with Gasteiger partial charge in [-0.1, -0.05) is 0 Å². The smallest absolute Gasteiger partial charge is 0.0584 e. The molecule has 3 rings (SSSR count). The Hall–Kier alpha value is -0.380. The summed E-state index contributed by atoms with van der Waals surface area (Å²) in [6.45, 7) is 2.19. The Morgan fingerprint density at radius 1 is 1.40 bits per heavy atom. The van der Waals surface area contributed by atoms with Crippen LogP contribution in [0.5, 0.6) is 0 Å². The Morgan fingerprint density at radius 3 is 2.67 bits per heavy atom. The minimum atomic E-state index is 0.401. The Morgan fingerprint density at radius 2 is 2.13 bits per heavy atom. The van der Waals surface area contributed by atoms with Crippen molar-refractivity contribution in [2.24, 2.45) is 23.6 Å². The van der Waals surface area contributed by atoms with E-state index in [-0.39, 0.29) is 0 Å². The molecule has 3 heteroatoms. The fourth-order valence-corrected chi connectivity index (χ4v) is 4.24. The van der Waals surface area contributed by atoms with Gasteiger partial charge in [-0.15, -0.1) is 11.3 Å². The molecule has 1 aromatic rings. The quantitative estimate of drug-likeness (QED) is 0.609. The van der Waals surface area contributed by atoms with E-state index in [4.69, 9.17) is 5.84 Å². The van der Waals surface area contributed by atoms with Crippen LogP contribution in [-0.4, -0.2) is 0 Å². The lowest BCUT2D eigenvalue weighted by molar-refractivity contribution is 0.349. The van der Waals surface area contributed by atoms with Crippen LogP contribution in [0.3, 0.4) is 0 Å². The normalized spacial score (nSPS) is 35.2. The molecule has 82 valence electrons. The third-order valence-electron chi connectivity index (χ3n) is 4.12. The molecule has 2 nitrogen and oxygen atoms in total. The van der Waals surface area contributed by atoms with Crippen LogP contribution >= 0.6 is 11.3 Å². The highest BCUT2D eigenvalue weighted by atomic mass is 32.1. The maximum absolute atomic E-state index is 5.73. The summed E-state index contributed by atoms with van der Waals surface area (Å²) < 4.78 is 0. The first kappa shape index (κ1) is 9.82. The number of hydrogen-bond acceptors (Lipinski definition) is 3. The van der Waals surface area contributed by atoms with Gasteiger partial charge < -0.3 is 0 Å². The fraction of sp³-hybridized carbons (Fsp3) is 0.667. The van der Waals surface area contributed by atoms with E-state index in [9.17, 15) is 0 Å². The zero-order valence-corrected chi connectivity index (χ0v) is 9.89. The summed E-state index contributed by atoms with van der Waals surface area (Å²) in [5, 5.41) is 2.17. The Bertz CT molecular complexity index is 350. The molecule has 0 bridgehead atoms. The molecule has 3 N–H and O–H groups in total. The number of nitrogens with one attached hydrogen (secondary N) is 1. The lowest BCUT2D eigenvalue weighted by atomic mass is 9.92. The van der Waals surface area contributed by atoms with E-state index in [0.29, 0.717) is 6.04 Å². The third-order valence-corrected chi connectivity index (χ3v) is 5.22. The van der Waals surface area contributed by atoms with Crippen molar-refractivity contribution in [1.82, 2.24) is 5.43 Å². The second-order valence-electron chi connectivity index (χ2n) is 5.10. The van der Waals surface area contributed by atoms with Crippen molar-refractivity contribution in [3.05, 3.63) is 21.9 Å². The molecule has 0 aromatic carbocycles. The molecular formula is C12H18N2S. The van der Waals surface area contributed by atoms with Crippen LogP contribution in [0.15, 0.2) is 11.4 Å². The second kappa shape index (κ2) is 3.58. The summed E-state index contributed by atoms with van der Waals surface area (Å²) >= 11 is 1.84. The number of rotatable bonds is 3. The van der Waals surface area contributed by atoms with E-state index in [2.05, 4.69) is 23.8 Å². The second-order valence-corrected chi connectivity index (χ2v) is 6.05. The van der Waals surface area contributed by atoms with E-state index < -0.39 is 0 Å². The number of aryl methyl sites for hydroxylation is 1. The molecule has 0 saturated heterocycles. The zero-order chi connectivity index (χ0) is 10.4. The number of thiophene rings is 1. The van der Waals surface area contributed by atoms with Crippen LogP contribution in [0.25, 0.3) is 0 Å². The molecule has 0 aliphatic heterocycles. The number of hydrogen-bond donors (Lipinski definition) is 2. The third kappa shape index (κ3) is 1.63. The molecule has 2 saturated carbocycles. The van der Waals surface area contributed by atoms with Gasteiger partial charge in [0.2, 0.25) is 0 Å². The average molecular weight is 222 g/mol. The molecule has 1 heterocycles. The minimum Gasteiger partial charge on any atom is -0.271 e. The van der Waals surface area contributed by atoms with E-state index in [1.165, 1.54) is 29.7 Å². The van der Waals surface area contributed by atoms with Crippen molar-refractivity contribution in [3.63, 3.8) is 0 Å². The summed E-state index contributed by atoms with van der Waals surface area (Å²) in [5.74, 6) is 8.57. The molecule has 2 aliphatic rings. The Kier molecular flexibility index (Phi) is 2.34. The number of nitrogens with two attached hydrogens (primary N) is 1. The Labute approximate surface area is 94.8 Å². The van der Waals surface area contributed by atoms with Gasteiger partial charge in [-0.2, -0.15) is 0 Å². The molecule has 2 aliphatic carbocycles. The van der Waals surface area contributed by atoms with Crippen LogP contribution in [0.4, 0.5) is 0 Å². The van der Waals surface area contributed by atoms with Crippen molar-refractivity contribution in [1.29, 1.82) is 0 Å². The van der Waals surface area contributed by atoms with Crippen LogP contribution < -0.4 is 11.3 Å². The van der Waals surface area contributed by atoms with Gasteiger partial charge in [0, 0.05) is 4.88 Å². The van der Waals surface area contributed by atoms with Crippen LogP contribution in [0.2, 0.25) is 0 Å². The Balaban J connectivity index is 1.79. The van der Waals surface area contributed by atoms with Gasteiger partial charge in [0.05, 0.1) is 6.04 Å². The average Bonchev–Trinajstić information content (AvgIpc) is 2.65. The summed E-state index contributed by atoms with van der Waals surface area (Å²) in [6, 6.07) is 2.60. The van der Waals surface area contributed by atoms with Crippen molar-refractivity contribution in [2.45, 2.75) is 32.2 Å². The maximum Gasteiger partial charge on any atom is 0.0584 e. The summed E-state index contributed by atoms with van der Waals surface area (Å²) in [4.78, 5) is 1.45. The number of hydrazine groups is 1. The molecule has 0 amide bonds. The first-order valence-corrected chi connectivity index (χ1v) is 6.67. The lowest BCUT2D eigenvalue weighted by Gasteiger charge is -2.23. The summed E-state index contributed by atoms with van der Waals surface area (Å²) in [5.41, 5.74) is 4.43. The van der Waals surface area contributed by atoms with Crippen molar-refractivity contribution >= 4 is 11.3 Å². The topological polar surface area (TPSA) is 38.0 Å². The van der Waals surface area contributed by atoms with Crippen LogP contribution in [0, 0.1) is 24.7 Å². The lowest BCUT2D eigenvalue weighted by Crippen LogP contribution is -2.33. The summed E-state index contributed by atoms with van der Waals surface area (Å²) in [7, 11) is 0. The molecule has 3 unspecified atom stereocenters. The molecule has 15 heavy (non-hydrogen) atoms. The summed E-state index contributed by atoms with van der Waals surface area (Å²) in [6.07, 6.45) is 4.25. The van der Waals surface area contributed by atoms with E-state index in [1.807, 2.05) is 11.3 Å². The van der Waals surface area contributed by atoms with Gasteiger partial charge in [-0.3, -0.25) is 11.3 Å². The first-order valence-electron chi connectivity index (χ1n) is 5.79. The monoisotopic (exact) mass is 222 g/mol. The predicted molar refractivity (Wildman–Crippen MR) is 63.4 cm³/mol. The van der Waals surface area contributed by atoms with Gasteiger partial charge >= 0.3 is 0 Å². The first-order chi connectivity index (χ1) is 7.29. The van der Waals surface area contributed by atoms with Crippen molar-refractivity contribution in [3.8, 4) is 0 Å². The molecular weight excluding hydrogens is 204 g/mol. The SMILES string of the molecule is Cc1ccsc1C(NN)C1CC2CC2C1. The van der Waals surface area contributed by atoms with Gasteiger partial charge in [0.25, 0.3) is 0 Å². The van der Waals surface area contributed by atoms with Crippen LogP contribution in [-0.2, 0) is 0 Å². The fourth-order valence-electron chi connectivity index (χ4n) is 3.16. The van der Waals surface area contributed by atoms with Crippen molar-refractivity contribution in [2.75, 3.05) is 0 Å². The molecule has 2 fully saturated rings. The molecule has 0 spiro atoms. The largest absolute Gasteiger partial charge is 0.271 e. The number of fused-ring (bicyclic) bond motifs is 1. The van der Waals surface area contributed by atoms with Crippen molar-refractivity contribution < 1.29 is 0 Å². The highest BCUT2D eigenvalue weighted by molar-refractivity contribution is 7.10. The minimum absolute atomic E-state index is 0.401. The van der Waals surface area contributed by atoms with Crippen LogP contribution in [0.1, 0.15) is 35.7 Å². The predicted octanol–water partition coefficient (Wildman–Crippen LogP) is 2.61. The van der Waals surface area contributed by atoms with Gasteiger partial charge in [0.1, 0.15) is 0 Å². The van der Waals surface area contributed by atoms with Gasteiger partial charge in [-0.25, -0.2) is 0 Å². The molecule has 1 aromatic heterocycles. The van der Waals surface area contributed by atoms with E-state index in [0.717, 1.165) is 17.8 Å². The zero-order valence-electron chi connectivity index (χ0n) is 9.07. The van der Waals surface area contributed by atoms with Gasteiger partial charge in [0.15, 0.2) is 0 Å². The van der Waals surface area contributed by atoms with E-state index in [1.54, 1.807) is 0 Å².